The van der Waals surface area contributed by atoms with Crippen LogP contribution >= 0.6 is 0 Å². The van der Waals surface area contributed by atoms with Crippen molar-refractivity contribution in [3.05, 3.63) is 0 Å². The van der Waals surface area contributed by atoms with Gasteiger partial charge in [-0.05, 0) is 73.5 Å². The SMILES string of the molecule is CCOC(=O)[C@@H](CCCCNC(=O)OC[C@@H]1[C@]2(C)CCC#CCC[C@]12C)NC(=O)OC[C@@H]1[C@]2(C)CCC#CCC[C@]12C. The predicted octanol–water partition coefficient (Wildman–Crippen LogP) is 5.98. The van der Waals surface area contributed by atoms with E-state index in [1.54, 1.807) is 6.92 Å². The lowest BCUT2D eigenvalue weighted by atomic mass is 9.87. The monoisotopic (exact) mass is 582 g/mol. The third kappa shape index (κ3) is 6.53. The fourth-order valence-electron chi connectivity index (χ4n) is 8.07. The van der Waals surface area contributed by atoms with Crippen LogP contribution in [0.2, 0.25) is 0 Å². The first-order valence-corrected chi connectivity index (χ1v) is 15.9. The van der Waals surface area contributed by atoms with Gasteiger partial charge >= 0.3 is 18.2 Å². The number of carbonyl (C=O) groups excluding carboxylic acids is 3. The minimum absolute atomic E-state index is 0.123. The largest absolute Gasteiger partial charge is 0.464 e. The fourth-order valence-corrected chi connectivity index (χ4v) is 8.07. The van der Waals surface area contributed by atoms with Gasteiger partial charge in [0, 0.05) is 44.1 Å². The lowest BCUT2D eigenvalue weighted by Gasteiger charge is -2.17. The number of carbonyl (C=O) groups is 3. The summed E-state index contributed by atoms with van der Waals surface area (Å²) in [5.74, 6) is 13.1. The summed E-state index contributed by atoms with van der Waals surface area (Å²) in [7, 11) is 0. The molecule has 42 heavy (non-hydrogen) atoms. The molecule has 0 saturated heterocycles. The van der Waals surface area contributed by atoms with E-state index in [2.05, 4.69) is 62.0 Å². The third-order valence-electron chi connectivity index (χ3n) is 11.7. The second kappa shape index (κ2) is 13.2. The summed E-state index contributed by atoms with van der Waals surface area (Å²) in [5.41, 5.74) is 0.605. The molecule has 7 atom stereocenters. The van der Waals surface area contributed by atoms with Crippen molar-refractivity contribution >= 4 is 18.2 Å². The summed E-state index contributed by atoms with van der Waals surface area (Å²) in [5, 5.41) is 5.54. The molecule has 0 unspecified atom stereocenters. The molecular weight excluding hydrogens is 532 g/mol. The zero-order valence-electron chi connectivity index (χ0n) is 26.3. The number of nitrogens with one attached hydrogen (secondary N) is 2. The smallest absolute Gasteiger partial charge is 0.407 e. The summed E-state index contributed by atoms with van der Waals surface area (Å²) in [6, 6.07) is -0.798. The van der Waals surface area contributed by atoms with Gasteiger partial charge in [0.15, 0.2) is 0 Å². The van der Waals surface area contributed by atoms with Crippen LogP contribution in [-0.4, -0.2) is 50.6 Å². The Labute approximate surface area is 252 Å². The molecular formula is C34H50N2O6. The van der Waals surface area contributed by atoms with Gasteiger partial charge in [0.1, 0.15) is 6.04 Å². The van der Waals surface area contributed by atoms with Crippen LogP contribution in [0.1, 0.15) is 105 Å². The summed E-state index contributed by atoms with van der Waals surface area (Å²) >= 11 is 0. The van der Waals surface area contributed by atoms with Crippen LogP contribution in [0.4, 0.5) is 9.59 Å². The summed E-state index contributed by atoms with van der Waals surface area (Å²) < 4.78 is 16.4. The summed E-state index contributed by atoms with van der Waals surface area (Å²) in [6.45, 7) is 12.3. The lowest BCUT2D eigenvalue weighted by Crippen LogP contribution is -2.42. The van der Waals surface area contributed by atoms with Crippen LogP contribution in [0, 0.1) is 57.2 Å². The molecule has 2 saturated carbocycles. The Morgan fingerprint density at radius 2 is 1.17 bits per heavy atom. The van der Waals surface area contributed by atoms with Crippen molar-refractivity contribution in [2.75, 3.05) is 26.4 Å². The Balaban J connectivity index is 1.14. The van der Waals surface area contributed by atoms with Crippen molar-refractivity contribution in [1.29, 1.82) is 0 Å². The number of unbranched alkanes of at least 4 members (excludes halogenated alkanes) is 1. The van der Waals surface area contributed by atoms with Gasteiger partial charge < -0.3 is 24.8 Å². The first-order valence-electron chi connectivity index (χ1n) is 15.9. The number of hydrogen-bond donors (Lipinski definition) is 2. The molecule has 2 fully saturated rings. The number of rotatable bonds is 12. The van der Waals surface area contributed by atoms with Gasteiger partial charge in [-0.15, -0.1) is 23.7 Å². The first kappa shape index (κ1) is 32.1. The van der Waals surface area contributed by atoms with Crippen molar-refractivity contribution in [2.24, 2.45) is 33.5 Å². The van der Waals surface area contributed by atoms with Crippen molar-refractivity contribution < 1.29 is 28.6 Å². The lowest BCUT2D eigenvalue weighted by molar-refractivity contribution is -0.145. The Kier molecular flexibility index (Phi) is 10.1. The first-order chi connectivity index (χ1) is 20.0. The average molecular weight is 583 g/mol. The van der Waals surface area contributed by atoms with Gasteiger partial charge in [-0.3, -0.25) is 0 Å². The second-order valence-corrected chi connectivity index (χ2v) is 13.6. The van der Waals surface area contributed by atoms with Crippen molar-refractivity contribution in [2.45, 2.75) is 111 Å². The van der Waals surface area contributed by atoms with Crippen LogP contribution in [0.15, 0.2) is 0 Å². The minimum atomic E-state index is -0.798. The molecule has 0 heterocycles. The van der Waals surface area contributed by atoms with Crippen LogP contribution < -0.4 is 10.6 Å². The van der Waals surface area contributed by atoms with E-state index in [9.17, 15) is 14.4 Å². The van der Waals surface area contributed by atoms with Crippen molar-refractivity contribution in [3.8, 4) is 23.7 Å². The molecule has 0 aromatic rings. The second-order valence-electron chi connectivity index (χ2n) is 13.6. The molecule has 4 rings (SSSR count). The quantitative estimate of drug-likeness (QED) is 0.127. The maximum atomic E-state index is 12.7. The van der Waals surface area contributed by atoms with E-state index in [1.165, 1.54) is 0 Å². The normalized spacial score (nSPS) is 34.8. The topological polar surface area (TPSA) is 103 Å². The number of ether oxygens (including phenoxy) is 3. The molecule has 8 heteroatoms. The van der Waals surface area contributed by atoms with E-state index in [0.717, 1.165) is 51.4 Å². The van der Waals surface area contributed by atoms with Gasteiger partial charge in [-0.1, -0.05) is 27.7 Å². The number of amides is 2. The zero-order chi connectivity index (χ0) is 30.4. The Hall–Kier alpha value is -2.87. The Bertz CT molecular complexity index is 1100. The number of fused-ring (bicyclic) bond motifs is 2. The highest BCUT2D eigenvalue weighted by atomic mass is 16.6. The molecule has 8 nitrogen and oxygen atoms in total. The molecule has 2 N–H and O–H groups in total. The van der Waals surface area contributed by atoms with E-state index in [1.807, 2.05) is 0 Å². The van der Waals surface area contributed by atoms with Gasteiger partial charge in [0.25, 0.3) is 0 Å². The summed E-state index contributed by atoms with van der Waals surface area (Å²) in [4.78, 5) is 37.6. The van der Waals surface area contributed by atoms with E-state index < -0.39 is 24.2 Å². The van der Waals surface area contributed by atoms with E-state index in [0.29, 0.717) is 44.9 Å². The zero-order valence-corrected chi connectivity index (χ0v) is 26.3. The molecule has 0 aromatic heterocycles. The van der Waals surface area contributed by atoms with Gasteiger partial charge in [0.05, 0.1) is 19.8 Å². The molecule has 232 valence electrons. The fraction of sp³-hybridized carbons (Fsp3) is 0.794. The maximum absolute atomic E-state index is 12.7. The number of hydrogen-bond acceptors (Lipinski definition) is 6. The number of alkyl carbamates (subject to hydrolysis) is 2. The van der Waals surface area contributed by atoms with Crippen LogP contribution in [0.5, 0.6) is 0 Å². The predicted molar refractivity (Wildman–Crippen MR) is 160 cm³/mol. The van der Waals surface area contributed by atoms with E-state index >= 15 is 0 Å². The molecule has 0 radical (unpaired) electrons. The number of esters is 1. The highest BCUT2D eigenvalue weighted by Gasteiger charge is 2.70. The maximum Gasteiger partial charge on any atom is 0.407 e. The minimum Gasteiger partial charge on any atom is -0.464 e. The van der Waals surface area contributed by atoms with E-state index in [-0.39, 0.29) is 34.2 Å². The van der Waals surface area contributed by atoms with Crippen LogP contribution in [-0.2, 0) is 19.0 Å². The van der Waals surface area contributed by atoms with Gasteiger partial charge in [-0.2, -0.15) is 0 Å². The molecule has 0 aromatic carbocycles. The molecule has 4 aliphatic carbocycles. The molecule has 2 amide bonds. The van der Waals surface area contributed by atoms with Crippen LogP contribution in [0.25, 0.3) is 0 Å². The van der Waals surface area contributed by atoms with Crippen molar-refractivity contribution in [3.63, 3.8) is 0 Å². The highest BCUT2D eigenvalue weighted by molar-refractivity contribution is 5.81. The molecule has 0 bridgehead atoms. The highest BCUT2D eigenvalue weighted by Crippen LogP contribution is 2.74. The summed E-state index contributed by atoms with van der Waals surface area (Å²) in [6.07, 6.45) is 8.30. The molecule has 4 aliphatic rings. The molecule has 0 aliphatic heterocycles. The third-order valence-corrected chi connectivity index (χ3v) is 11.7. The average Bonchev–Trinajstić information content (AvgIpc) is 3.59. The van der Waals surface area contributed by atoms with E-state index in [4.69, 9.17) is 14.2 Å². The van der Waals surface area contributed by atoms with Crippen LogP contribution in [0.3, 0.4) is 0 Å². The Morgan fingerprint density at radius 1 is 0.714 bits per heavy atom. The Morgan fingerprint density at radius 3 is 1.62 bits per heavy atom. The van der Waals surface area contributed by atoms with Gasteiger partial charge in [-0.25, -0.2) is 14.4 Å². The standard InChI is InChI=1S/C34H50N2O6/c1-6-40-28(37)25(36-30(39)42-24-27-33(4)20-14-9-10-15-21-34(27,33)5)17-11-16-22-35-29(38)41-23-26-31(2)18-12-7-8-13-19-32(26,31)3/h25-27H,6,11-24H2,1-5H3,(H,35,38)(H,36,39)/t25-,26-,27-,31+,32-,33+,34-/m1/s1. The molecule has 0 spiro atoms. The van der Waals surface area contributed by atoms with Gasteiger partial charge in [0.2, 0.25) is 0 Å². The van der Waals surface area contributed by atoms with Crippen molar-refractivity contribution in [1.82, 2.24) is 10.6 Å².